The Balaban J connectivity index is 1.66. The van der Waals surface area contributed by atoms with Gasteiger partial charge in [-0.25, -0.2) is 0 Å². The number of ether oxygens (including phenoxy) is 1. The van der Waals surface area contributed by atoms with E-state index in [0.29, 0.717) is 19.7 Å². The summed E-state index contributed by atoms with van der Waals surface area (Å²) in [5.74, 6) is 0.0401. The number of piperazine rings is 1. The molecular formula is C18H28N4O4. The normalized spacial score (nSPS) is 15.3. The lowest BCUT2D eigenvalue weighted by Crippen LogP contribution is -2.49. The Hall–Kier alpha value is -2.19. The molecule has 144 valence electrons. The van der Waals surface area contributed by atoms with E-state index >= 15 is 0 Å². The van der Waals surface area contributed by atoms with E-state index in [0.717, 1.165) is 38.3 Å². The van der Waals surface area contributed by atoms with Gasteiger partial charge in [-0.05, 0) is 32.4 Å². The number of nitrogens with one attached hydrogen (secondary N) is 1. The highest BCUT2D eigenvalue weighted by atomic mass is 16.6. The lowest BCUT2D eigenvalue weighted by atomic mass is 10.2. The summed E-state index contributed by atoms with van der Waals surface area (Å²) in [6.45, 7) is 8.87. The van der Waals surface area contributed by atoms with Gasteiger partial charge in [-0.2, -0.15) is 0 Å². The van der Waals surface area contributed by atoms with Crippen LogP contribution in [0, 0.1) is 10.1 Å². The molecule has 0 saturated carbocycles. The summed E-state index contributed by atoms with van der Waals surface area (Å²) < 4.78 is 5.44. The van der Waals surface area contributed by atoms with Crippen molar-refractivity contribution in [1.82, 2.24) is 10.2 Å². The number of carbonyl (C=O) groups excluding carboxylic acids is 1. The summed E-state index contributed by atoms with van der Waals surface area (Å²) in [6.07, 6.45) is 1.04. The largest absolute Gasteiger partial charge is 0.379 e. The third-order valence-electron chi connectivity index (χ3n) is 4.26. The standard InChI is InChI=1S/C18H28N4O4/c1-15(2)26-13-3-8-19-18(23)14-20-9-11-21(12-10-20)16-4-6-17(7-5-16)22(24)25/h4-7,15H,3,8-14H2,1-2H3,(H,19,23). The van der Waals surface area contributed by atoms with Crippen molar-refractivity contribution in [3.05, 3.63) is 34.4 Å². The summed E-state index contributed by atoms with van der Waals surface area (Å²) in [4.78, 5) is 26.6. The molecular weight excluding hydrogens is 336 g/mol. The molecule has 1 aliphatic rings. The van der Waals surface area contributed by atoms with E-state index in [1.54, 1.807) is 12.1 Å². The molecule has 1 saturated heterocycles. The zero-order valence-corrected chi connectivity index (χ0v) is 15.5. The molecule has 1 amide bonds. The SMILES string of the molecule is CC(C)OCCCNC(=O)CN1CCN(c2ccc([N+](=O)[O-])cc2)CC1. The van der Waals surface area contributed by atoms with Crippen LogP contribution >= 0.6 is 0 Å². The molecule has 0 bridgehead atoms. The number of nitro benzene ring substituents is 1. The van der Waals surface area contributed by atoms with Gasteiger partial charge < -0.3 is 15.0 Å². The third kappa shape index (κ3) is 6.61. The highest BCUT2D eigenvalue weighted by Gasteiger charge is 2.19. The number of non-ortho nitro benzene ring substituents is 1. The van der Waals surface area contributed by atoms with Crippen LogP contribution in [0.4, 0.5) is 11.4 Å². The minimum Gasteiger partial charge on any atom is -0.379 e. The molecule has 1 aromatic rings. The minimum absolute atomic E-state index is 0.0401. The second kappa shape index (κ2) is 10.1. The van der Waals surface area contributed by atoms with E-state index in [1.807, 2.05) is 13.8 Å². The van der Waals surface area contributed by atoms with E-state index in [4.69, 9.17) is 4.74 Å². The smallest absolute Gasteiger partial charge is 0.269 e. The van der Waals surface area contributed by atoms with Gasteiger partial charge in [-0.15, -0.1) is 0 Å². The third-order valence-corrected chi connectivity index (χ3v) is 4.26. The van der Waals surface area contributed by atoms with Crippen molar-refractivity contribution in [3.8, 4) is 0 Å². The zero-order valence-electron chi connectivity index (χ0n) is 15.5. The highest BCUT2D eigenvalue weighted by molar-refractivity contribution is 5.78. The van der Waals surface area contributed by atoms with Gasteiger partial charge in [0.05, 0.1) is 17.6 Å². The van der Waals surface area contributed by atoms with E-state index in [2.05, 4.69) is 15.1 Å². The van der Waals surface area contributed by atoms with E-state index in [1.165, 1.54) is 12.1 Å². The van der Waals surface area contributed by atoms with Crippen molar-refractivity contribution in [1.29, 1.82) is 0 Å². The van der Waals surface area contributed by atoms with Gasteiger partial charge >= 0.3 is 0 Å². The second-order valence-corrected chi connectivity index (χ2v) is 6.66. The first-order chi connectivity index (χ1) is 12.5. The Bertz CT molecular complexity index is 583. The van der Waals surface area contributed by atoms with Gasteiger partial charge in [0.15, 0.2) is 0 Å². The number of carbonyl (C=O) groups is 1. The predicted octanol–water partition coefficient (Wildman–Crippen LogP) is 1.65. The van der Waals surface area contributed by atoms with Crippen LogP contribution in [0.5, 0.6) is 0 Å². The molecule has 0 aromatic heterocycles. The molecule has 1 heterocycles. The maximum Gasteiger partial charge on any atom is 0.269 e. The van der Waals surface area contributed by atoms with E-state index in [-0.39, 0.29) is 17.7 Å². The highest BCUT2D eigenvalue weighted by Crippen LogP contribution is 2.20. The number of amides is 1. The minimum atomic E-state index is -0.394. The maximum atomic E-state index is 12.0. The molecule has 0 aliphatic carbocycles. The number of hydrogen-bond donors (Lipinski definition) is 1. The number of benzene rings is 1. The molecule has 1 aromatic carbocycles. The number of hydrogen-bond acceptors (Lipinski definition) is 6. The fourth-order valence-corrected chi connectivity index (χ4v) is 2.83. The number of nitro groups is 1. The van der Waals surface area contributed by atoms with Gasteiger partial charge in [0.1, 0.15) is 0 Å². The van der Waals surface area contributed by atoms with Crippen LogP contribution < -0.4 is 10.2 Å². The Morgan fingerprint density at radius 3 is 2.46 bits per heavy atom. The van der Waals surface area contributed by atoms with Crippen molar-refractivity contribution in [2.45, 2.75) is 26.4 Å². The van der Waals surface area contributed by atoms with Gasteiger partial charge in [-0.1, -0.05) is 0 Å². The first kappa shape index (κ1) is 20.1. The Morgan fingerprint density at radius 1 is 1.23 bits per heavy atom. The van der Waals surface area contributed by atoms with Gasteiger partial charge in [0, 0.05) is 57.2 Å². The van der Waals surface area contributed by atoms with Crippen molar-refractivity contribution in [3.63, 3.8) is 0 Å². The van der Waals surface area contributed by atoms with Gasteiger partial charge in [0.25, 0.3) is 5.69 Å². The lowest BCUT2D eigenvalue weighted by Gasteiger charge is -2.35. The maximum absolute atomic E-state index is 12.0. The summed E-state index contributed by atoms with van der Waals surface area (Å²) in [5, 5.41) is 13.6. The number of rotatable bonds is 9. The molecule has 0 unspecified atom stereocenters. The molecule has 0 spiro atoms. The van der Waals surface area contributed by atoms with Crippen LogP contribution in [-0.4, -0.2) is 67.7 Å². The summed E-state index contributed by atoms with van der Waals surface area (Å²) >= 11 is 0. The van der Waals surface area contributed by atoms with Crippen molar-refractivity contribution >= 4 is 17.3 Å². The Morgan fingerprint density at radius 2 is 1.88 bits per heavy atom. The fraction of sp³-hybridized carbons (Fsp3) is 0.611. The molecule has 0 atom stereocenters. The first-order valence-corrected chi connectivity index (χ1v) is 9.06. The average Bonchev–Trinajstić information content (AvgIpc) is 2.62. The van der Waals surface area contributed by atoms with Crippen LogP contribution in [0.25, 0.3) is 0 Å². The topological polar surface area (TPSA) is 88.0 Å². The van der Waals surface area contributed by atoms with Crippen molar-refractivity contribution in [2.75, 3.05) is 50.8 Å². The van der Waals surface area contributed by atoms with Crippen LogP contribution in [-0.2, 0) is 9.53 Å². The summed E-state index contributed by atoms with van der Waals surface area (Å²) in [7, 11) is 0. The molecule has 1 aliphatic heterocycles. The van der Waals surface area contributed by atoms with Crippen molar-refractivity contribution in [2.24, 2.45) is 0 Å². The molecule has 1 N–H and O–H groups in total. The van der Waals surface area contributed by atoms with Gasteiger partial charge in [-0.3, -0.25) is 19.8 Å². The quantitative estimate of drug-likeness (QED) is 0.407. The number of nitrogens with zero attached hydrogens (tertiary/aromatic N) is 3. The molecule has 26 heavy (non-hydrogen) atoms. The number of anilines is 1. The molecule has 8 heteroatoms. The average molecular weight is 364 g/mol. The van der Waals surface area contributed by atoms with E-state index in [9.17, 15) is 14.9 Å². The van der Waals surface area contributed by atoms with Crippen LogP contribution in [0.2, 0.25) is 0 Å². The second-order valence-electron chi connectivity index (χ2n) is 6.66. The summed E-state index contributed by atoms with van der Waals surface area (Å²) in [5.41, 5.74) is 1.08. The Labute approximate surface area is 154 Å². The molecule has 8 nitrogen and oxygen atoms in total. The van der Waals surface area contributed by atoms with Crippen LogP contribution in [0.3, 0.4) is 0 Å². The van der Waals surface area contributed by atoms with Crippen LogP contribution in [0.1, 0.15) is 20.3 Å². The Kier molecular flexibility index (Phi) is 7.80. The van der Waals surface area contributed by atoms with Gasteiger partial charge in [0.2, 0.25) is 5.91 Å². The van der Waals surface area contributed by atoms with Crippen LogP contribution in [0.15, 0.2) is 24.3 Å². The monoisotopic (exact) mass is 364 g/mol. The molecule has 0 radical (unpaired) electrons. The summed E-state index contributed by atoms with van der Waals surface area (Å²) in [6, 6.07) is 6.61. The fourth-order valence-electron chi connectivity index (χ4n) is 2.83. The molecule has 1 fully saturated rings. The molecule has 2 rings (SSSR count). The zero-order chi connectivity index (χ0) is 18.9. The predicted molar refractivity (Wildman–Crippen MR) is 100 cm³/mol. The van der Waals surface area contributed by atoms with Crippen molar-refractivity contribution < 1.29 is 14.5 Å². The lowest BCUT2D eigenvalue weighted by molar-refractivity contribution is -0.384. The first-order valence-electron chi connectivity index (χ1n) is 9.06. The van der Waals surface area contributed by atoms with E-state index < -0.39 is 4.92 Å².